The van der Waals surface area contributed by atoms with Crippen LogP contribution in [0, 0.1) is 0 Å². The third-order valence-corrected chi connectivity index (χ3v) is 1.75. The van der Waals surface area contributed by atoms with Crippen LogP contribution in [-0.4, -0.2) is 17.1 Å². The first-order chi connectivity index (χ1) is 4.31. The quantitative estimate of drug-likeness (QED) is 0.310. The lowest BCUT2D eigenvalue weighted by atomic mass is 10.4. The van der Waals surface area contributed by atoms with Crippen LogP contribution in [0.1, 0.15) is 13.3 Å². The van der Waals surface area contributed by atoms with E-state index in [4.69, 9.17) is 4.74 Å². The molecule has 0 N–H and O–H groups in total. The summed E-state index contributed by atoms with van der Waals surface area (Å²) in [6.45, 7) is 6.47. The largest absolute Gasteiger partial charge is 0.374 e. The van der Waals surface area contributed by atoms with Crippen LogP contribution < -0.4 is 0 Å². The molecular formula is C7H13IO. The van der Waals surface area contributed by atoms with Crippen LogP contribution in [0.15, 0.2) is 12.7 Å². The standard InChI is InChI=1S/C7H13IO/c1-3-7(2)9-6-4-5-8/h3,7H,1,4-6H2,2H3. The Morgan fingerprint density at radius 3 is 2.89 bits per heavy atom. The van der Waals surface area contributed by atoms with Crippen molar-refractivity contribution < 1.29 is 4.74 Å². The monoisotopic (exact) mass is 240 g/mol. The van der Waals surface area contributed by atoms with Crippen molar-refractivity contribution >= 4 is 22.6 Å². The Morgan fingerprint density at radius 2 is 2.44 bits per heavy atom. The molecule has 0 heterocycles. The summed E-state index contributed by atoms with van der Waals surface area (Å²) in [5.74, 6) is 0. The first-order valence-electron chi connectivity index (χ1n) is 3.11. The van der Waals surface area contributed by atoms with Gasteiger partial charge in [0, 0.05) is 11.0 Å². The number of ether oxygens (including phenoxy) is 1. The van der Waals surface area contributed by atoms with Crippen molar-refractivity contribution in [3.63, 3.8) is 0 Å². The second-order valence-electron chi connectivity index (χ2n) is 1.85. The average Bonchev–Trinajstić information content (AvgIpc) is 1.89. The van der Waals surface area contributed by atoms with Gasteiger partial charge in [-0.1, -0.05) is 28.7 Å². The highest BCUT2D eigenvalue weighted by molar-refractivity contribution is 14.1. The molecule has 0 aliphatic heterocycles. The first-order valence-corrected chi connectivity index (χ1v) is 4.64. The molecule has 2 heteroatoms. The highest BCUT2D eigenvalue weighted by atomic mass is 127. The number of alkyl halides is 1. The normalized spacial score (nSPS) is 13.1. The van der Waals surface area contributed by atoms with E-state index in [1.165, 1.54) is 4.43 Å². The molecule has 0 aromatic rings. The number of rotatable bonds is 5. The Labute approximate surface area is 70.6 Å². The van der Waals surface area contributed by atoms with Crippen molar-refractivity contribution in [1.82, 2.24) is 0 Å². The van der Waals surface area contributed by atoms with E-state index in [1.54, 1.807) is 0 Å². The molecule has 0 bridgehead atoms. The van der Waals surface area contributed by atoms with Gasteiger partial charge in [-0.3, -0.25) is 0 Å². The maximum absolute atomic E-state index is 5.31. The highest BCUT2D eigenvalue weighted by Crippen LogP contribution is 1.94. The number of hydrogen-bond acceptors (Lipinski definition) is 1. The first kappa shape index (κ1) is 9.43. The van der Waals surface area contributed by atoms with Crippen LogP contribution in [0.25, 0.3) is 0 Å². The van der Waals surface area contributed by atoms with Crippen LogP contribution in [0.2, 0.25) is 0 Å². The van der Waals surface area contributed by atoms with E-state index in [0.29, 0.717) is 0 Å². The lowest BCUT2D eigenvalue weighted by molar-refractivity contribution is 0.0992. The zero-order chi connectivity index (χ0) is 7.11. The maximum atomic E-state index is 5.31. The Balaban J connectivity index is 2.96. The van der Waals surface area contributed by atoms with Crippen LogP contribution in [0.4, 0.5) is 0 Å². The van der Waals surface area contributed by atoms with Gasteiger partial charge in [-0.05, 0) is 13.3 Å². The zero-order valence-corrected chi connectivity index (χ0v) is 7.93. The van der Waals surface area contributed by atoms with Crippen molar-refractivity contribution in [2.75, 3.05) is 11.0 Å². The average molecular weight is 240 g/mol. The van der Waals surface area contributed by atoms with Gasteiger partial charge in [0.25, 0.3) is 0 Å². The molecular weight excluding hydrogens is 227 g/mol. The predicted octanol–water partition coefficient (Wildman–Crippen LogP) is 2.40. The van der Waals surface area contributed by atoms with Crippen LogP contribution >= 0.6 is 22.6 Å². The van der Waals surface area contributed by atoms with Crippen molar-refractivity contribution in [3.8, 4) is 0 Å². The molecule has 1 nitrogen and oxygen atoms in total. The van der Waals surface area contributed by atoms with E-state index in [-0.39, 0.29) is 6.10 Å². The minimum Gasteiger partial charge on any atom is -0.374 e. The summed E-state index contributed by atoms with van der Waals surface area (Å²) in [5.41, 5.74) is 0. The molecule has 0 fully saturated rings. The lowest BCUT2D eigenvalue weighted by Crippen LogP contribution is -2.05. The van der Waals surface area contributed by atoms with Crippen molar-refractivity contribution in [2.45, 2.75) is 19.4 Å². The van der Waals surface area contributed by atoms with Gasteiger partial charge in [0.2, 0.25) is 0 Å². The van der Waals surface area contributed by atoms with Gasteiger partial charge in [0.15, 0.2) is 0 Å². The van der Waals surface area contributed by atoms with Gasteiger partial charge in [0.05, 0.1) is 6.10 Å². The third-order valence-electron chi connectivity index (χ3n) is 0.991. The topological polar surface area (TPSA) is 9.23 Å². The second-order valence-corrected chi connectivity index (χ2v) is 2.93. The van der Waals surface area contributed by atoms with E-state index in [1.807, 2.05) is 13.0 Å². The lowest BCUT2D eigenvalue weighted by Gasteiger charge is -2.05. The SMILES string of the molecule is C=CC(C)OCCCI. The second kappa shape index (κ2) is 6.55. The molecule has 0 amide bonds. The van der Waals surface area contributed by atoms with Gasteiger partial charge in [-0.2, -0.15) is 0 Å². The molecule has 0 spiro atoms. The molecule has 0 rings (SSSR count). The van der Waals surface area contributed by atoms with Gasteiger partial charge in [-0.25, -0.2) is 0 Å². The smallest absolute Gasteiger partial charge is 0.0725 e. The molecule has 1 unspecified atom stereocenters. The van der Waals surface area contributed by atoms with Crippen molar-refractivity contribution in [3.05, 3.63) is 12.7 Å². The fraction of sp³-hybridized carbons (Fsp3) is 0.714. The summed E-state index contributed by atoms with van der Waals surface area (Å²) >= 11 is 2.34. The Hall–Kier alpha value is 0.430. The van der Waals surface area contributed by atoms with E-state index < -0.39 is 0 Å². The molecule has 54 valence electrons. The highest BCUT2D eigenvalue weighted by Gasteiger charge is 1.92. The molecule has 0 aromatic heterocycles. The molecule has 0 aromatic carbocycles. The van der Waals surface area contributed by atoms with Gasteiger partial charge in [-0.15, -0.1) is 6.58 Å². The molecule has 9 heavy (non-hydrogen) atoms. The summed E-state index contributed by atoms with van der Waals surface area (Å²) in [7, 11) is 0. The predicted molar refractivity (Wildman–Crippen MR) is 49.1 cm³/mol. The summed E-state index contributed by atoms with van der Waals surface area (Å²) < 4.78 is 6.48. The van der Waals surface area contributed by atoms with Gasteiger partial charge in [0.1, 0.15) is 0 Å². The third kappa shape index (κ3) is 6.31. The van der Waals surface area contributed by atoms with Crippen molar-refractivity contribution in [1.29, 1.82) is 0 Å². The molecule has 0 radical (unpaired) electrons. The van der Waals surface area contributed by atoms with Crippen LogP contribution in [-0.2, 0) is 4.74 Å². The molecule has 0 saturated carbocycles. The van der Waals surface area contributed by atoms with Crippen LogP contribution in [0.5, 0.6) is 0 Å². The molecule has 0 aliphatic rings. The summed E-state index contributed by atoms with van der Waals surface area (Å²) in [4.78, 5) is 0. The fourth-order valence-electron chi connectivity index (χ4n) is 0.392. The minimum atomic E-state index is 0.216. The summed E-state index contributed by atoms with van der Waals surface area (Å²) in [6, 6.07) is 0. The number of halogens is 1. The Morgan fingerprint density at radius 1 is 1.78 bits per heavy atom. The summed E-state index contributed by atoms with van der Waals surface area (Å²) in [5, 5.41) is 0. The van der Waals surface area contributed by atoms with Gasteiger partial charge < -0.3 is 4.74 Å². The van der Waals surface area contributed by atoms with E-state index in [2.05, 4.69) is 29.2 Å². The maximum Gasteiger partial charge on any atom is 0.0725 e. The Bertz CT molecular complexity index is 73.3. The molecule has 0 aliphatic carbocycles. The van der Waals surface area contributed by atoms with E-state index >= 15 is 0 Å². The fourth-order valence-corrected chi connectivity index (χ4v) is 0.703. The summed E-state index contributed by atoms with van der Waals surface area (Å²) in [6.07, 6.45) is 3.17. The van der Waals surface area contributed by atoms with Crippen LogP contribution in [0.3, 0.4) is 0 Å². The van der Waals surface area contributed by atoms with Gasteiger partial charge >= 0.3 is 0 Å². The zero-order valence-electron chi connectivity index (χ0n) is 5.77. The van der Waals surface area contributed by atoms with Crippen molar-refractivity contribution in [2.24, 2.45) is 0 Å². The minimum absolute atomic E-state index is 0.216. The number of hydrogen-bond donors (Lipinski definition) is 0. The molecule has 0 saturated heterocycles. The van der Waals surface area contributed by atoms with E-state index in [0.717, 1.165) is 13.0 Å². The molecule has 1 atom stereocenters. The van der Waals surface area contributed by atoms with E-state index in [9.17, 15) is 0 Å². The Kier molecular flexibility index (Phi) is 6.86.